The van der Waals surface area contributed by atoms with Crippen molar-refractivity contribution in [1.29, 1.82) is 0 Å². The fourth-order valence-electron chi connectivity index (χ4n) is 8.35. The number of para-hydroxylation sites is 1. The minimum atomic E-state index is -0.117. The van der Waals surface area contributed by atoms with Crippen molar-refractivity contribution in [1.82, 2.24) is 9.55 Å². The van der Waals surface area contributed by atoms with E-state index in [-0.39, 0.29) is 5.41 Å². The topological polar surface area (TPSA) is 17.8 Å². The predicted octanol–water partition coefficient (Wildman–Crippen LogP) is 13.2. The molecule has 10 rings (SSSR count). The summed E-state index contributed by atoms with van der Waals surface area (Å²) in [6.07, 6.45) is 3.73. The molecule has 1 aliphatic rings. The van der Waals surface area contributed by atoms with Gasteiger partial charge in [-0.15, -0.1) is 0 Å². The summed E-state index contributed by atoms with van der Waals surface area (Å²) in [5.41, 5.74) is 18.6. The maximum absolute atomic E-state index is 4.29. The van der Waals surface area contributed by atoms with Crippen molar-refractivity contribution in [3.63, 3.8) is 0 Å². The second-order valence-corrected chi connectivity index (χ2v) is 14.5. The van der Waals surface area contributed by atoms with Gasteiger partial charge in [-0.05, 0) is 115 Å². The normalized spacial score (nSPS) is 13.0. The lowest BCUT2D eigenvalue weighted by atomic mass is 9.81. The molecular formula is C50H36N2. The van der Waals surface area contributed by atoms with Crippen LogP contribution in [0.1, 0.15) is 25.0 Å². The molecule has 9 aromatic rings. The molecule has 1 aliphatic carbocycles. The van der Waals surface area contributed by atoms with E-state index in [1.165, 1.54) is 83.0 Å². The van der Waals surface area contributed by atoms with Crippen LogP contribution in [0.15, 0.2) is 182 Å². The SMILES string of the molecule is CC1(C)c2cc(-c3ccc(-c4cccnc4)cc3)ccc2-c2ccc(-c3ccc(-n4c5ccccc5c5cc(-c6ccccc6)ccc54)cc3)cc21. The van der Waals surface area contributed by atoms with Gasteiger partial charge in [0.05, 0.1) is 11.0 Å². The molecule has 0 amide bonds. The summed E-state index contributed by atoms with van der Waals surface area (Å²) in [5.74, 6) is 0. The standard InChI is InChI=1S/C50H36N2/c1-50(2)46-30-38(34-14-16-36(17-15-34)40-11-8-28-51-32-40)20-25-42(46)43-26-21-39(31-47(43)50)35-18-23-41(24-19-35)52-48-13-7-6-12-44(48)45-29-37(22-27-49(45)52)33-9-4-3-5-10-33/h3-32H,1-2H3. The van der Waals surface area contributed by atoms with Crippen LogP contribution in [0.3, 0.4) is 0 Å². The van der Waals surface area contributed by atoms with Gasteiger partial charge in [0.15, 0.2) is 0 Å². The van der Waals surface area contributed by atoms with Crippen molar-refractivity contribution in [2.75, 3.05) is 0 Å². The van der Waals surface area contributed by atoms with Crippen molar-refractivity contribution in [3.05, 3.63) is 193 Å². The van der Waals surface area contributed by atoms with Crippen molar-refractivity contribution in [3.8, 4) is 61.3 Å². The zero-order valence-corrected chi connectivity index (χ0v) is 29.2. The average molecular weight is 665 g/mol. The van der Waals surface area contributed by atoms with E-state index in [0.717, 1.165) is 11.3 Å². The highest BCUT2D eigenvalue weighted by atomic mass is 15.0. The number of rotatable bonds is 5. The molecule has 7 aromatic carbocycles. The van der Waals surface area contributed by atoms with E-state index in [2.05, 4.69) is 187 Å². The van der Waals surface area contributed by atoms with Gasteiger partial charge in [0.25, 0.3) is 0 Å². The molecule has 0 spiro atoms. The Morgan fingerprint density at radius 1 is 0.404 bits per heavy atom. The van der Waals surface area contributed by atoms with E-state index in [4.69, 9.17) is 0 Å². The minimum Gasteiger partial charge on any atom is -0.309 e. The zero-order chi connectivity index (χ0) is 34.8. The smallest absolute Gasteiger partial charge is 0.0541 e. The van der Waals surface area contributed by atoms with Crippen LogP contribution < -0.4 is 0 Å². The van der Waals surface area contributed by atoms with Gasteiger partial charge < -0.3 is 4.57 Å². The van der Waals surface area contributed by atoms with E-state index in [1.54, 1.807) is 0 Å². The summed E-state index contributed by atoms with van der Waals surface area (Å²) in [6, 6.07) is 62.3. The lowest BCUT2D eigenvalue weighted by Gasteiger charge is -2.22. The average Bonchev–Trinajstić information content (AvgIpc) is 3.66. The molecule has 2 heterocycles. The van der Waals surface area contributed by atoms with Crippen molar-refractivity contribution in [2.24, 2.45) is 0 Å². The quantitative estimate of drug-likeness (QED) is 0.179. The Labute approximate surface area is 304 Å². The number of pyridine rings is 1. The third kappa shape index (κ3) is 4.83. The van der Waals surface area contributed by atoms with Crippen molar-refractivity contribution >= 4 is 21.8 Å². The van der Waals surface area contributed by atoms with Gasteiger partial charge in [0.1, 0.15) is 0 Å². The highest BCUT2D eigenvalue weighted by Crippen LogP contribution is 2.50. The molecule has 52 heavy (non-hydrogen) atoms. The largest absolute Gasteiger partial charge is 0.309 e. The minimum absolute atomic E-state index is 0.117. The monoisotopic (exact) mass is 664 g/mol. The number of nitrogens with zero attached hydrogens (tertiary/aromatic N) is 2. The van der Waals surface area contributed by atoms with Gasteiger partial charge in [-0.25, -0.2) is 0 Å². The van der Waals surface area contributed by atoms with Crippen LogP contribution >= 0.6 is 0 Å². The first-order chi connectivity index (χ1) is 25.5. The second kappa shape index (κ2) is 11.8. The summed E-state index contributed by atoms with van der Waals surface area (Å²) >= 11 is 0. The summed E-state index contributed by atoms with van der Waals surface area (Å²) in [5, 5.41) is 2.54. The Morgan fingerprint density at radius 2 is 0.904 bits per heavy atom. The Kier molecular flexibility index (Phi) is 6.87. The number of hydrogen-bond donors (Lipinski definition) is 0. The molecule has 0 radical (unpaired) electrons. The Bertz CT molecular complexity index is 2770. The molecule has 2 aromatic heterocycles. The first kappa shape index (κ1) is 30.3. The van der Waals surface area contributed by atoms with Crippen molar-refractivity contribution < 1.29 is 0 Å². The van der Waals surface area contributed by atoms with Gasteiger partial charge in [0, 0.05) is 34.3 Å². The molecule has 0 atom stereocenters. The van der Waals surface area contributed by atoms with Gasteiger partial charge in [-0.1, -0.05) is 135 Å². The molecular weight excluding hydrogens is 629 g/mol. The third-order valence-corrected chi connectivity index (χ3v) is 11.1. The molecule has 0 bridgehead atoms. The molecule has 0 fully saturated rings. The van der Waals surface area contributed by atoms with Crippen LogP contribution in [0, 0.1) is 0 Å². The molecule has 0 saturated heterocycles. The Morgan fingerprint density at radius 3 is 1.56 bits per heavy atom. The van der Waals surface area contributed by atoms with E-state index in [0.29, 0.717) is 0 Å². The summed E-state index contributed by atoms with van der Waals surface area (Å²) in [7, 11) is 0. The zero-order valence-electron chi connectivity index (χ0n) is 29.2. The summed E-state index contributed by atoms with van der Waals surface area (Å²) in [4.78, 5) is 4.29. The summed E-state index contributed by atoms with van der Waals surface area (Å²) < 4.78 is 2.40. The van der Waals surface area contributed by atoms with E-state index < -0.39 is 0 Å². The van der Waals surface area contributed by atoms with Crippen LogP contribution in [0.5, 0.6) is 0 Å². The highest BCUT2D eigenvalue weighted by Gasteiger charge is 2.36. The highest BCUT2D eigenvalue weighted by molar-refractivity contribution is 6.10. The number of benzene rings is 7. The van der Waals surface area contributed by atoms with Crippen LogP contribution in [0.4, 0.5) is 0 Å². The first-order valence-corrected chi connectivity index (χ1v) is 18.0. The molecule has 0 N–H and O–H groups in total. The first-order valence-electron chi connectivity index (χ1n) is 18.0. The molecule has 246 valence electrons. The van der Waals surface area contributed by atoms with Crippen LogP contribution in [-0.4, -0.2) is 9.55 Å². The predicted molar refractivity (Wildman–Crippen MR) is 218 cm³/mol. The Balaban J connectivity index is 0.974. The maximum Gasteiger partial charge on any atom is 0.0541 e. The fraction of sp³-hybridized carbons (Fsp3) is 0.0600. The van der Waals surface area contributed by atoms with Crippen LogP contribution in [-0.2, 0) is 5.41 Å². The van der Waals surface area contributed by atoms with Gasteiger partial charge in [0.2, 0.25) is 0 Å². The molecule has 2 heteroatoms. The Hall–Kier alpha value is -6.51. The van der Waals surface area contributed by atoms with E-state index in [9.17, 15) is 0 Å². The van der Waals surface area contributed by atoms with Gasteiger partial charge in [-0.2, -0.15) is 0 Å². The van der Waals surface area contributed by atoms with Crippen LogP contribution in [0.2, 0.25) is 0 Å². The lowest BCUT2D eigenvalue weighted by molar-refractivity contribution is 0.661. The number of hydrogen-bond acceptors (Lipinski definition) is 1. The second-order valence-electron chi connectivity index (χ2n) is 14.5. The molecule has 2 nitrogen and oxygen atoms in total. The summed E-state index contributed by atoms with van der Waals surface area (Å²) in [6.45, 7) is 4.73. The van der Waals surface area contributed by atoms with Gasteiger partial charge >= 0.3 is 0 Å². The molecule has 0 unspecified atom stereocenters. The van der Waals surface area contributed by atoms with Crippen LogP contribution in [0.25, 0.3) is 83.1 Å². The maximum atomic E-state index is 4.29. The number of fused-ring (bicyclic) bond motifs is 6. The molecule has 0 aliphatic heterocycles. The fourth-order valence-corrected chi connectivity index (χ4v) is 8.35. The third-order valence-electron chi connectivity index (χ3n) is 11.1. The molecule has 0 saturated carbocycles. The van der Waals surface area contributed by atoms with Gasteiger partial charge in [-0.3, -0.25) is 4.98 Å². The number of aromatic nitrogens is 2. The van der Waals surface area contributed by atoms with Crippen molar-refractivity contribution in [2.45, 2.75) is 19.3 Å². The van der Waals surface area contributed by atoms with E-state index in [1.807, 2.05) is 18.5 Å². The lowest BCUT2D eigenvalue weighted by Crippen LogP contribution is -2.15. The van der Waals surface area contributed by atoms with E-state index >= 15 is 0 Å².